The third-order valence-corrected chi connectivity index (χ3v) is 3.82. The van der Waals surface area contributed by atoms with Crippen LogP contribution in [0.25, 0.3) is 10.9 Å². The van der Waals surface area contributed by atoms with Crippen molar-refractivity contribution in [3.63, 3.8) is 0 Å². The van der Waals surface area contributed by atoms with Crippen LogP contribution in [0.15, 0.2) is 24.3 Å². The predicted octanol–water partition coefficient (Wildman–Crippen LogP) is 2.74. The van der Waals surface area contributed by atoms with Crippen LogP contribution < -0.4 is 5.73 Å². The largest absolute Gasteiger partial charge is 0.380 e. The minimum absolute atomic E-state index is 0.0106. The minimum Gasteiger partial charge on any atom is -0.380 e. The van der Waals surface area contributed by atoms with Crippen LogP contribution in [-0.4, -0.2) is 29.0 Å². The molecule has 2 atom stereocenters. The third kappa shape index (κ3) is 3.02. The molecule has 1 heterocycles. The highest BCUT2D eigenvalue weighted by Crippen LogP contribution is 2.20. The van der Waals surface area contributed by atoms with Crippen LogP contribution in [0, 0.1) is 0 Å². The molecule has 4 heteroatoms. The zero-order valence-electron chi connectivity index (χ0n) is 12.7. The van der Waals surface area contributed by atoms with Crippen LogP contribution in [-0.2, 0) is 17.7 Å². The maximum Gasteiger partial charge on any atom is 0.0725 e. The fraction of sp³-hybridized carbons (Fsp3) is 0.562. The summed E-state index contributed by atoms with van der Waals surface area (Å²) in [5, 5.41) is 5.91. The molecule has 4 nitrogen and oxygen atoms in total. The van der Waals surface area contributed by atoms with Crippen molar-refractivity contribution >= 4 is 10.9 Å². The summed E-state index contributed by atoms with van der Waals surface area (Å²) in [5.41, 5.74) is 8.57. The summed E-state index contributed by atoms with van der Waals surface area (Å²) in [6, 6.07) is 8.33. The van der Waals surface area contributed by atoms with Crippen LogP contribution in [0.5, 0.6) is 0 Å². The standard InChI is InChI=1S/C16H25N3O/c1-4-8-16(20-3)13(17)11-14-12-9-6-7-10-15(12)19(5-2)18-14/h6-7,9-10,13,16H,4-5,8,11,17H2,1-3H3. The number of aromatic nitrogens is 2. The third-order valence-electron chi connectivity index (χ3n) is 3.82. The summed E-state index contributed by atoms with van der Waals surface area (Å²) in [6.07, 6.45) is 2.93. The van der Waals surface area contributed by atoms with Crippen molar-refractivity contribution in [2.45, 2.75) is 51.8 Å². The van der Waals surface area contributed by atoms with Gasteiger partial charge in [-0.1, -0.05) is 31.5 Å². The highest BCUT2D eigenvalue weighted by atomic mass is 16.5. The van der Waals surface area contributed by atoms with E-state index in [1.165, 1.54) is 10.9 Å². The van der Waals surface area contributed by atoms with Gasteiger partial charge in [-0.15, -0.1) is 0 Å². The molecule has 2 N–H and O–H groups in total. The summed E-state index contributed by atoms with van der Waals surface area (Å²) in [7, 11) is 1.74. The van der Waals surface area contributed by atoms with Gasteiger partial charge in [-0.25, -0.2) is 0 Å². The van der Waals surface area contributed by atoms with Crippen LogP contribution in [0.4, 0.5) is 0 Å². The second kappa shape index (κ2) is 6.86. The first-order chi connectivity index (χ1) is 9.71. The Morgan fingerprint density at radius 3 is 2.70 bits per heavy atom. The summed E-state index contributed by atoms with van der Waals surface area (Å²) < 4.78 is 7.55. The number of benzene rings is 1. The van der Waals surface area contributed by atoms with E-state index in [2.05, 4.69) is 38.1 Å². The van der Waals surface area contributed by atoms with Crippen LogP contribution in [0.3, 0.4) is 0 Å². The zero-order valence-corrected chi connectivity index (χ0v) is 12.7. The maximum absolute atomic E-state index is 6.31. The molecule has 0 aliphatic carbocycles. The molecule has 2 unspecified atom stereocenters. The van der Waals surface area contributed by atoms with Gasteiger partial charge in [0, 0.05) is 31.5 Å². The molecule has 0 saturated carbocycles. The molecule has 110 valence electrons. The molecule has 0 aliphatic heterocycles. The van der Waals surface area contributed by atoms with Crippen LogP contribution in [0.1, 0.15) is 32.4 Å². The topological polar surface area (TPSA) is 53.1 Å². The van der Waals surface area contributed by atoms with Crippen molar-refractivity contribution in [3.8, 4) is 0 Å². The lowest BCUT2D eigenvalue weighted by molar-refractivity contribution is 0.0724. The van der Waals surface area contributed by atoms with Gasteiger partial charge in [-0.2, -0.15) is 5.10 Å². The van der Waals surface area contributed by atoms with Crippen molar-refractivity contribution in [1.29, 1.82) is 0 Å². The molecule has 2 aromatic rings. The van der Waals surface area contributed by atoms with Gasteiger partial charge in [-0.05, 0) is 19.4 Å². The average molecular weight is 275 g/mol. The van der Waals surface area contributed by atoms with Gasteiger partial charge in [0.2, 0.25) is 0 Å². The molecule has 0 aliphatic rings. The quantitative estimate of drug-likeness (QED) is 0.845. The first-order valence-corrected chi connectivity index (χ1v) is 7.44. The highest BCUT2D eigenvalue weighted by Gasteiger charge is 2.20. The Hall–Kier alpha value is -1.39. The molecule has 0 radical (unpaired) electrons. The molecule has 20 heavy (non-hydrogen) atoms. The molecule has 0 spiro atoms. The van der Waals surface area contributed by atoms with Gasteiger partial charge in [-0.3, -0.25) is 4.68 Å². The fourth-order valence-corrected chi connectivity index (χ4v) is 2.73. The van der Waals surface area contributed by atoms with E-state index in [4.69, 9.17) is 15.6 Å². The molecule has 0 saturated heterocycles. The smallest absolute Gasteiger partial charge is 0.0725 e. The highest BCUT2D eigenvalue weighted by molar-refractivity contribution is 5.82. The summed E-state index contributed by atoms with van der Waals surface area (Å²) in [4.78, 5) is 0. The van der Waals surface area contributed by atoms with Crippen molar-refractivity contribution in [1.82, 2.24) is 9.78 Å². The van der Waals surface area contributed by atoms with Crippen molar-refractivity contribution in [2.75, 3.05) is 7.11 Å². The van der Waals surface area contributed by atoms with Gasteiger partial charge >= 0.3 is 0 Å². The number of hydrogen-bond acceptors (Lipinski definition) is 3. The number of rotatable bonds is 7. The molecule has 1 aromatic heterocycles. The van der Waals surface area contributed by atoms with E-state index in [9.17, 15) is 0 Å². The SMILES string of the molecule is CCCC(OC)C(N)Cc1nn(CC)c2ccccc12. The summed E-state index contributed by atoms with van der Waals surface area (Å²) in [6.45, 7) is 5.14. The molecule has 1 aromatic carbocycles. The molecular weight excluding hydrogens is 250 g/mol. The Labute approximate surface area is 120 Å². The zero-order chi connectivity index (χ0) is 14.5. The molecule has 0 amide bonds. The summed E-state index contributed by atoms with van der Waals surface area (Å²) >= 11 is 0. The Bertz CT molecular complexity index is 550. The van der Waals surface area contributed by atoms with Gasteiger partial charge in [0.1, 0.15) is 0 Å². The lowest BCUT2D eigenvalue weighted by atomic mass is 10.0. The van der Waals surface area contributed by atoms with Crippen LogP contribution in [0.2, 0.25) is 0 Å². The van der Waals surface area contributed by atoms with E-state index in [1.807, 2.05) is 4.68 Å². The van der Waals surface area contributed by atoms with Gasteiger partial charge < -0.3 is 10.5 Å². The normalized spacial score (nSPS) is 14.6. The Balaban J connectivity index is 2.25. The number of methoxy groups -OCH3 is 1. The second-order valence-electron chi connectivity index (χ2n) is 5.21. The van der Waals surface area contributed by atoms with E-state index in [0.29, 0.717) is 0 Å². The molecule has 0 bridgehead atoms. The Morgan fingerprint density at radius 2 is 2.05 bits per heavy atom. The fourth-order valence-electron chi connectivity index (χ4n) is 2.73. The van der Waals surface area contributed by atoms with E-state index >= 15 is 0 Å². The number of nitrogens with zero attached hydrogens (tertiary/aromatic N) is 2. The Kier molecular flexibility index (Phi) is 5.15. The number of hydrogen-bond donors (Lipinski definition) is 1. The van der Waals surface area contributed by atoms with E-state index in [1.54, 1.807) is 7.11 Å². The lowest BCUT2D eigenvalue weighted by Crippen LogP contribution is -2.38. The van der Waals surface area contributed by atoms with E-state index < -0.39 is 0 Å². The number of fused-ring (bicyclic) bond motifs is 1. The van der Waals surface area contributed by atoms with Crippen molar-refractivity contribution < 1.29 is 4.74 Å². The summed E-state index contributed by atoms with van der Waals surface area (Å²) in [5.74, 6) is 0. The van der Waals surface area contributed by atoms with Gasteiger partial charge in [0.25, 0.3) is 0 Å². The second-order valence-corrected chi connectivity index (χ2v) is 5.21. The predicted molar refractivity (Wildman–Crippen MR) is 82.8 cm³/mol. The Morgan fingerprint density at radius 1 is 1.30 bits per heavy atom. The number of para-hydroxylation sites is 1. The molecular formula is C16H25N3O. The maximum atomic E-state index is 6.31. The molecule has 0 fully saturated rings. The van der Waals surface area contributed by atoms with Gasteiger partial charge in [0.05, 0.1) is 17.3 Å². The van der Waals surface area contributed by atoms with Gasteiger partial charge in [0.15, 0.2) is 0 Å². The monoisotopic (exact) mass is 275 g/mol. The van der Waals surface area contributed by atoms with Crippen molar-refractivity contribution in [2.24, 2.45) is 5.73 Å². The average Bonchev–Trinajstić information content (AvgIpc) is 2.83. The number of nitrogens with two attached hydrogens (primary N) is 1. The van der Waals surface area contributed by atoms with Crippen molar-refractivity contribution in [3.05, 3.63) is 30.0 Å². The first-order valence-electron chi connectivity index (χ1n) is 7.44. The van der Waals surface area contributed by atoms with E-state index in [-0.39, 0.29) is 12.1 Å². The lowest BCUT2D eigenvalue weighted by Gasteiger charge is -2.21. The minimum atomic E-state index is -0.0106. The molecule has 2 rings (SSSR count). The van der Waals surface area contributed by atoms with E-state index in [0.717, 1.165) is 31.5 Å². The first kappa shape index (κ1) is 15.0. The number of ether oxygens (including phenoxy) is 1. The van der Waals surface area contributed by atoms with Crippen LogP contribution >= 0.6 is 0 Å². The number of aryl methyl sites for hydroxylation is 1.